The number of nitrogens with zero attached hydrogens (tertiary/aromatic N) is 2. The first-order valence-electron chi connectivity index (χ1n) is 34.3. The number of carbonyl (C=O) groups is 8. The summed E-state index contributed by atoms with van der Waals surface area (Å²) >= 11 is 0. The predicted octanol–water partition coefficient (Wildman–Crippen LogP) is 9.77. The van der Waals surface area contributed by atoms with E-state index >= 15 is 0 Å². The van der Waals surface area contributed by atoms with E-state index in [9.17, 15) is 79.6 Å². The second-order valence-electron chi connectivity index (χ2n) is 26.5. The number of hydrogen-bond donors (Lipinski definition) is 11. The van der Waals surface area contributed by atoms with Crippen molar-refractivity contribution in [3.8, 4) is 5.75 Å². The molecule has 3 atom stereocenters. The molecule has 0 saturated heterocycles. The molecule has 5 amide bonds. The highest BCUT2D eigenvalue weighted by Gasteiger charge is 2.44. The van der Waals surface area contributed by atoms with E-state index in [4.69, 9.17) is 9.84 Å². The second-order valence-corrected chi connectivity index (χ2v) is 29.5. The molecule has 2 heterocycles. The number of unbranched alkanes of at least 4 members (excludes halogenated alkanes) is 8. The van der Waals surface area contributed by atoms with Crippen LogP contribution >= 0.6 is 0 Å². The Kier molecular flexibility index (Phi) is 30.6. The summed E-state index contributed by atoms with van der Waals surface area (Å²) in [7, 11) is -8.58. The summed E-state index contributed by atoms with van der Waals surface area (Å²) in [5, 5.41) is 49.9. The molecule has 0 bridgehead atoms. The average molecular weight is 1430 g/mol. The van der Waals surface area contributed by atoms with Crippen LogP contribution in [0.3, 0.4) is 0 Å². The van der Waals surface area contributed by atoms with Crippen molar-refractivity contribution >= 4 is 85.0 Å². The van der Waals surface area contributed by atoms with Gasteiger partial charge < -0.3 is 56.6 Å². The van der Waals surface area contributed by atoms with Gasteiger partial charge in [0.05, 0.1) is 16.1 Å². The van der Waals surface area contributed by atoms with E-state index in [-0.39, 0.29) is 61.1 Å². The Labute approximate surface area is 585 Å². The normalized spacial score (nSPS) is 16.6. The minimum atomic E-state index is -4.46. The maximum atomic E-state index is 13.0. The van der Waals surface area contributed by atoms with Gasteiger partial charge in [-0.1, -0.05) is 69.2 Å². The van der Waals surface area contributed by atoms with Crippen LogP contribution in [0, 0.1) is 0 Å². The third kappa shape index (κ3) is 24.9. The molecule has 3 aromatic rings. The van der Waals surface area contributed by atoms with Gasteiger partial charge in [-0.25, -0.2) is 19.2 Å². The number of hydrogen-bond acceptors (Lipinski definition) is 14. The minimum absolute atomic E-state index is 0.0111. The lowest BCUT2D eigenvalue weighted by atomic mass is 9.81. The van der Waals surface area contributed by atoms with Crippen LogP contribution in [-0.2, 0) is 64.6 Å². The number of aliphatic carboxylic acids is 4. The molecule has 3 aromatic carbocycles. The van der Waals surface area contributed by atoms with Crippen molar-refractivity contribution < 1.29 is 94.0 Å². The molecule has 0 aromatic heterocycles. The first kappa shape index (κ1) is 80.2. The van der Waals surface area contributed by atoms with Gasteiger partial charge in [-0.15, -0.1) is 0 Å². The Morgan fingerprint density at radius 1 is 0.570 bits per heavy atom. The van der Waals surface area contributed by atoms with Gasteiger partial charge in [-0.05, 0) is 176 Å². The molecule has 0 spiro atoms. The van der Waals surface area contributed by atoms with E-state index in [1.807, 2.05) is 24.3 Å². The number of anilines is 1. The van der Waals surface area contributed by atoms with Crippen LogP contribution in [0.25, 0.3) is 0 Å². The van der Waals surface area contributed by atoms with Crippen molar-refractivity contribution in [1.29, 1.82) is 0 Å². The molecule has 2 aliphatic heterocycles. The number of fused-ring (bicyclic) bond motifs is 2. The first-order chi connectivity index (χ1) is 47.4. The van der Waals surface area contributed by atoms with E-state index in [1.54, 1.807) is 0 Å². The highest BCUT2D eigenvalue weighted by Crippen LogP contribution is 2.48. The summed E-state index contributed by atoms with van der Waals surface area (Å²) in [5.74, 6) is -5.31. The van der Waals surface area contributed by atoms with Crippen LogP contribution in [0.2, 0.25) is 0 Å². The Morgan fingerprint density at radius 2 is 1.12 bits per heavy atom. The number of rotatable bonds is 43. The molecule has 1 unspecified atom stereocenters. The number of carbonyl (C=O) groups excluding carboxylic acids is 4. The van der Waals surface area contributed by atoms with Gasteiger partial charge in [0, 0.05) is 86.2 Å². The van der Waals surface area contributed by atoms with Crippen molar-refractivity contribution in [1.82, 2.24) is 26.6 Å². The highest BCUT2D eigenvalue weighted by molar-refractivity contribution is 7.86. The standard InChI is InChI=1S/C72H97N7O19S2/c1-71(2)53-25-11-13-29-58(53)78(60(71)41-34-49-23-22-24-50(66(49)98-51-36-38-52(39-37-51)100(95,96)97)35-42-61-72(3,4)54-26-12-14-30-59(54)79(61)47-20-21-48-99(92,93)94)46-19-7-10-32-63(81)74-44-17-15-27-55(67(85)86)75-64(82)33-9-6-5-8-31-62(80)73-45-18-16-28-56(68(87)88)76-70(91)77-57(69(89)90)40-43-65(83)84/h11-14,25-26,29-30,34-39,41-42,55-57H,5-10,15-24,27-28,31-33,40,43-48H2,1-4H3,(H10-,73,74,75,76,77,80,81,82,83,84,85,86,87,88,89,90,91,92,93,94,95,96,97)/p+1/t55?,56-,57-/m1/s1. The Hall–Kier alpha value is -8.73. The third-order valence-corrected chi connectivity index (χ3v) is 19.8. The van der Waals surface area contributed by atoms with E-state index in [0.717, 1.165) is 58.8 Å². The zero-order valence-corrected chi connectivity index (χ0v) is 59.1. The van der Waals surface area contributed by atoms with Crippen LogP contribution in [0.4, 0.5) is 16.2 Å². The molecule has 3 aliphatic rings. The van der Waals surface area contributed by atoms with Crippen molar-refractivity contribution in [2.24, 2.45) is 0 Å². The molecule has 1 aliphatic carbocycles. The molecule has 0 saturated carbocycles. The molecular weight excluding hydrogens is 1330 g/mol. The van der Waals surface area contributed by atoms with Crippen LogP contribution in [0.5, 0.6) is 5.75 Å². The largest absolute Gasteiger partial charge is 0.481 e. The third-order valence-electron chi connectivity index (χ3n) is 18.1. The molecule has 28 heteroatoms. The van der Waals surface area contributed by atoms with Crippen LogP contribution in [0.1, 0.15) is 187 Å². The van der Waals surface area contributed by atoms with Crippen molar-refractivity contribution in [3.63, 3.8) is 0 Å². The number of carboxylic acids is 4. The quantitative estimate of drug-likeness (QED) is 0.0142. The number of amides is 5. The van der Waals surface area contributed by atoms with Gasteiger partial charge in [0.15, 0.2) is 5.71 Å². The molecule has 100 heavy (non-hydrogen) atoms. The van der Waals surface area contributed by atoms with Crippen molar-refractivity contribution in [3.05, 3.63) is 131 Å². The Bertz CT molecular complexity index is 3800. The number of benzene rings is 3. The number of nitrogens with one attached hydrogen (secondary N) is 5. The molecule has 6 rings (SSSR count). The smallest absolute Gasteiger partial charge is 0.326 e. The van der Waals surface area contributed by atoms with Crippen molar-refractivity contribution in [2.75, 3.05) is 36.8 Å². The molecule has 0 radical (unpaired) electrons. The summed E-state index contributed by atoms with van der Waals surface area (Å²) in [4.78, 5) is 98.1. The predicted molar refractivity (Wildman–Crippen MR) is 376 cm³/mol. The van der Waals surface area contributed by atoms with Gasteiger partial charge in [0.1, 0.15) is 36.2 Å². The molecule has 11 N–H and O–H groups in total. The monoisotopic (exact) mass is 1430 g/mol. The van der Waals surface area contributed by atoms with E-state index in [0.29, 0.717) is 115 Å². The minimum Gasteiger partial charge on any atom is -0.481 e. The summed E-state index contributed by atoms with van der Waals surface area (Å²) in [6, 6.07) is 17.0. The molecular formula is C72H98N7O19S2+. The maximum Gasteiger partial charge on any atom is 0.326 e. The van der Waals surface area contributed by atoms with Crippen molar-refractivity contribution in [2.45, 2.75) is 209 Å². The summed E-state index contributed by atoms with van der Waals surface area (Å²) in [6.07, 6.45) is 17.4. The van der Waals surface area contributed by atoms with Gasteiger partial charge in [0.25, 0.3) is 20.2 Å². The van der Waals surface area contributed by atoms with Gasteiger partial charge in [-0.2, -0.15) is 21.4 Å². The summed E-state index contributed by atoms with van der Waals surface area (Å²) in [6.45, 7) is 10.5. The van der Waals surface area contributed by atoms with E-state index in [1.165, 1.54) is 29.8 Å². The number of carboxylic acid groups (broad SMARTS) is 4. The fraction of sp³-hybridized carbons (Fsp3) is 0.514. The van der Waals surface area contributed by atoms with Gasteiger partial charge >= 0.3 is 29.9 Å². The summed E-state index contributed by atoms with van der Waals surface area (Å²) in [5.41, 5.74) is 7.48. The van der Waals surface area contributed by atoms with Crippen LogP contribution in [-0.4, -0.2) is 154 Å². The molecule has 0 fully saturated rings. The number of allylic oxidation sites excluding steroid dienone is 7. The average Bonchev–Trinajstić information content (AvgIpc) is 1.60. The Morgan fingerprint density at radius 3 is 1.70 bits per heavy atom. The van der Waals surface area contributed by atoms with Crippen LogP contribution < -0.4 is 36.2 Å². The second kappa shape index (κ2) is 38.2. The first-order valence-corrected chi connectivity index (χ1v) is 37.4. The van der Waals surface area contributed by atoms with Gasteiger partial charge in [-0.3, -0.25) is 28.3 Å². The van der Waals surface area contributed by atoms with Gasteiger partial charge in [0.2, 0.25) is 23.4 Å². The summed E-state index contributed by atoms with van der Waals surface area (Å²) < 4.78 is 75.5. The van der Waals surface area contributed by atoms with E-state index in [2.05, 4.69) is 112 Å². The zero-order chi connectivity index (χ0) is 73.2. The fourth-order valence-electron chi connectivity index (χ4n) is 12.7. The lowest BCUT2D eigenvalue weighted by Crippen LogP contribution is -2.51. The number of urea groups is 1. The highest BCUT2D eigenvalue weighted by atomic mass is 32.2. The zero-order valence-electron chi connectivity index (χ0n) is 57.5. The number of para-hydroxylation sites is 2. The lowest BCUT2D eigenvalue weighted by molar-refractivity contribution is -0.438. The molecule has 26 nitrogen and oxygen atoms in total. The Balaban J connectivity index is 0.952. The van der Waals surface area contributed by atoms with E-state index < -0.39 is 97.8 Å². The lowest BCUT2D eigenvalue weighted by Gasteiger charge is -2.27. The number of ether oxygens (including phenoxy) is 1. The topological polar surface area (TPSA) is 402 Å². The fourth-order valence-corrected chi connectivity index (χ4v) is 13.8. The SMILES string of the molecule is CC1(C)C(/C=C/C2=C(Oc3ccc(S(=O)(=O)O)cc3)C(=C/C=C3/N(CCCCS(=O)(=O)O)c4ccccc4C3(C)C)/CCC2)=[N+](CCCCCC(=O)NCCCCC(NC(=O)CCCCCCC(=O)NCCCC[C@@H](NC(=O)N[C@H](CCC(=O)O)C(=O)O)C(=O)O)C(=O)O)c2ccccc21. The van der Waals surface area contributed by atoms with Crippen LogP contribution in [0.15, 0.2) is 125 Å². The molecule has 546 valence electrons. The maximum absolute atomic E-state index is 13.0.